The van der Waals surface area contributed by atoms with Gasteiger partial charge < -0.3 is 14.8 Å². The molecule has 0 aromatic carbocycles. The summed E-state index contributed by atoms with van der Waals surface area (Å²) in [5, 5.41) is 18.2. The van der Waals surface area contributed by atoms with E-state index in [0.29, 0.717) is 13.0 Å². The van der Waals surface area contributed by atoms with Gasteiger partial charge in [0.05, 0.1) is 13.2 Å². The van der Waals surface area contributed by atoms with Crippen molar-refractivity contribution < 1.29 is 10.2 Å². The number of hydrogen-bond acceptors (Lipinski definition) is 4. The molecule has 3 N–H and O–H groups in total. The van der Waals surface area contributed by atoms with Gasteiger partial charge in [-0.3, -0.25) is 9.78 Å². The second-order valence-electron chi connectivity index (χ2n) is 4.34. The number of aliphatic hydroxyl groups is 2. The first-order valence-electron chi connectivity index (χ1n) is 5.13. The highest BCUT2D eigenvalue weighted by molar-refractivity contribution is 5.02. The largest absolute Gasteiger partial charge is 0.396 e. The van der Waals surface area contributed by atoms with Crippen LogP contribution in [0.1, 0.15) is 6.42 Å². The maximum absolute atomic E-state index is 11.4. The molecule has 0 saturated heterocycles. The van der Waals surface area contributed by atoms with Crippen LogP contribution in [0, 0.1) is 11.3 Å². The Hall–Kier alpha value is -1.40. The Morgan fingerprint density at radius 3 is 2.62 bits per heavy atom. The molecular formula is C10H14N2O4. The summed E-state index contributed by atoms with van der Waals surface area (Å²) in [6, 6.07) is 1.28. The highest BCUT2D eigenvalue weighted by Crippen LogP contribution is 2.52. The molecule has 2 rings (SSSR count). The van der Waals surface area contributed by atoms with E-state index < -0.39 is 16.7 Å². The summed E-state index contributed by atoms with van der Waals surface area (Å²) in [6.07, 6.45) is 2.13. The first-order chi connectivity index (χ1) is 7.61. The Kier molecular flexibility index (Phi) is 2.69. The maximum atomic E-state index is 11.4. The molecule has 88 valence electrons. The molecule has 0 radical (unpaired) electrons. The SMILES string of the molecule is O=c1ccn(CC2CC2(CO)CO)c(=O)[nH]1. The Balaban J connectivity index is 2.12. The van der Waals surface area contributed by atoms with Gasteiger partial charge in [-0.15, -0.1) is 0 Å². The number of rotatable bonds is 4. The average Bonchev–Trinajstić information content (AvgIpc) is 2.97. The third-order valence-corrected chi connectivity index (χ3v) is 3.30. The zero-order chi connectivity index (χ0) is 11.8. The molecule has 0 aliphatic heterocycles. The number of aromatic amines is 1. The molecule has 0 bridgehead atoms. The van der Waals surface area contributed by atoms with Gasteiger partial charge >= 0.3 is 5.69 Å². The van der Waals surface area contributed by atoms with E-state index in [2.05, 4.69) is 4.98 Å². The predicted octanol–water partition coefficient (Wildman–Crippen LogP) is -1.47. The minimum atomic E-state index is -0.454. The summed E-state index contributed by atoms with van der Waals surface area (Å²) in [5.41, 5.74) is -1.33. The van der Waals surface area contributed by atoms with E-state index >= 15 is 0 Å². The predicted molar refractivity (Wildman–Crippen MR) is 56.0 cm³/mol. The van der Waals surface area contributed by atoms with E-state index in [9.17, 15) is 9.59 Å². The second-order valence-corrected chi connectivity index (χ2v) is 4.34. The molecule has 1 atom stereocenters. The standard InChI is InChI=1S/C10H14N2O4/c13-5-10(6-14)3-7(10)4-12-2-1-8(15)11-9(12)16/h1-2,7,13-14H,3-6H2,(H,11,15,16). The van der Waals surface area contributed by atoms with Crippen molar-refractivity contribution in [2.24, 2.45) is 11.3 Å². The van der Waals surface area contributed by atoms with Crippen molar-refractivity contribution >= 4 is 0 Å². The number of aliphatic hydroxyl groups excluding tert-OH is 2. The molecule has 16 heavy (non-hydrogen) atoms. The van der Waals surface area contributed by atoms with Crippen molar-refractivity contribution in [2.75, 3.05) is 13.2 Å². The van der Waals surface area contributed by atoms with Crippen molar-refractivity contribution in [3.05, 3.63) is 33.1 Å². The van der Waals surface area contributed by atoms with E-state index in [1.165, 1.54) is 16.8 Å². The molecule has 1 fully saturated rings. The van der Waals surface area contributed by atoms with Gasteiger partial charge in [0, 0.05) is 24.2 Å². The first kappa shape index (κ1) is 11.1. The summed E-state index contributed by atoms with van der Waals surface area (Å²) in [4.78, 5) is 24.4. The Bertz CT molecular complexity index is 486. The number of nitrogens with one attached hydrogen (secondary N) is 1. The second kappa shape index (κ2) is 3.88. The number of nitrogens with zero attached hydrogens (tertiary/aromatic N) is 1. The van der Waals surface area contributed by atoms with Gasteiger partial charge in [0.25, 0.3) is 5.56 Å². The summed E-state index contributed by atoms with van der Waals surface area (Å²) >= 11 is 0. The van der Waals surface area contributed by atoms with Crippen molar-refractivity contribution in [3.8, 4) is 0 Å². The highest BCUT2D eigenvalue weighted by Gasteiger charge is 2.53. The van der Waals surface area contributed by atoms with Crippen molar-refractivity contribution in [1.82, 2.24) is 9.55 Å². The van der Waals surface area contributed by atoms with Gasteiger partial charge in [0.2, 0.25) is 0 Å². The number of hydrogen-bond donors (Lipinski definition) is 3. The lowest BCUT2D eigenvalue weighted by Gasteiger charge is -2.10. The zero-order valence-electron chi connectivity index (χ0n) is 8.72. The molecule has 6 nitrogen and oxygen atoms in total. The molecule has 0 amide bonds. The third kappa shape index (κ3) is 1.81. The van der Waals surface area contributed by atoms with Crippen LogP contribution < -0.4 is 11.2 Å². The van der Waals surface area contributed by atoms with Crippen LogP contribution in [-0.4, -0.2) is 33.0 Å². The highest BCUT2D eigenvalue weighted by atomic mass is 16.3. The van der Waals surface area contributed by atoms with E-state index in [4.69, 9.17) is 10.2 Å². The Morgan fingerprint density at radius 2 is 2.12 bits per heavy atom. The van der Waals surface area contributed by atoms with E-state index in [-0.39, 0.29) is 19.1 Å². The van der Waals surface area contributed by atoms with Crippen LogP contribution in [0.4, 0.5) is 0 Å². The molecular weight excluding hydrogens is 212 g/mol. The van der Waals surface area contributed by atoms with E-state index in [0.717, 1.165) is 0 Å². The zero-order valence-corrected chi connectivity index (χ0v) is 8.72. The molecule has 1 aliphatic carbocycles. The van der Waals surface area contributed by atoms with Crippen LogP contribution in [0.2, 0.25) is 0 Å². The van der Waals surface area contributed by atoms with Crippen molar-refractivity contribution in [3.63, 3.8) is 0 Å². The third-order valence-electron chi connectivity index (χ3n) is 3.30. The molecule has 1 saturated carbocycles. The maximum Gasteiger partial charge on any atom is 0.328 e. The molecule has 1 aromatic heterocycles. The quantitative estimate of drug-likeness (QED) is 0.584. The number of aromatic nitrogens is 2. The van der Waals surface area contributed by atoms with Crippen LogP contribution in [0.3, 0.4) is 0 Å². The monoisotopic (exact) mass is 226 g/mol. The molecule has 1 aromatic rings. The molecule has 1 aliphatic rings. The minimum absolute atomic E-state index is 0.0771. The molecule has 6 heteroatoms. The molecule has 0 spiro atoms. The smallest absolute Gasteiger partial charge is 0.328 e. The van der Waals surface area contributed by atoms with E-state index in [1.807, 2.05) is 0 Å². The fourth-order valence-electron chi connectivity index (χ4n) is 1.95. The minimum Gasteiger partial charge on any atom is -0.396 e. The fraction of sp³-hybridized carbons (Fsp3) is 0.600. The van der Waals surface area contributed by atoms with E-state index in [1.54, 1.807) is 0 Å². The molecule has 1 unspecified atom stereocenters. The lowest BCUT2D eigenvalue weighted by atomic mass is 10.1. The lowest BCUT2D eigenvalue weighted by Crippen LogP contribution is -2.30. The van der Waals surface area contributed by atoms with Gasteiger partial charge in [-0.05, 0) is 12.3 Å². The van der Waals surface area contributed by atoms with Gasteiger partial charge in [-0.1, -0.05) is 0 Å². The first-order valence-corrected chi connectivity index (χ1v) is 5.13. The van der Waals surface area contributed by atoms with Crippen molar-refractivity contribution in [2.45, 2.75) is 13.0 Å². The van der Waals surface area contributed by atoms with Crippen molar-refractivity contribution in [1.29, 1.82) is 0 Å². The Labute approximate surface area is 91.2 Å². The van der Waals surface area contributed by atoms with Crippen LogP contribution in [0.15, 0.2) is 21.9 Å². The molecule has 1 heterocycles. The Morgan fingerprint density at radius 1 is 1.44 bits per heavy atom. The normalized spacial score (nSPS) is 22.0. The average molecular weight is 226 g/mol. The van der Waals surface area contributed by atoms with Gasteiger partial charge in [0.15, 0.2) is 0 Å². The van der Waals surface area contributed by atoms with Gasteiger partial charge in [0.1, 0.15) is 0 Å². The summed E-state index contributed by atoms with van der Waals surface area (Å²) in [6.45, 7) is 0.259. The summed E-state index contributed by atoms with van der Waals surface area (Å²) in [5.74, 6) is 0.0890. The van der Waals surface area contributed by atoms with Gasteiger partial charge in [-0.2, -0.15) is 0 Å². The summed E-state index contributed by atoms with van der Waals surface area (Å²) < 4.78 is 1.39. The lowest BCUT2D eigenvalue weighted by molar-refractivity contribution is 0.119. The number of H-pyrrole nitrogens is 1. The fourth-order valence-corrected chi connectivity index (χ4v) is 1.95. The van der Waals surface area contributed by atoms with Crippen LogP contribution in [0.5, 0.6) is 0 Å². The van der Waals surface area contributed by atoms with Crippen LogP contribution in [-0.2, 0) is 6.54 Å². The van der Waals surface area contributed by atoms with Crippen LogP contribution in [0.25, 0.3) is 0 Å². The summed E-state index contributed by atoms with van der Waals surface area (Å²) in [7, 11) is 0. The topological polar surface area (TPSA) is 95.3 Å². The van der Waals surface area contributed by atoms with Crippen LogP contribution >= 0.6 is 0 Å². The van der Waals surface area contributed by atoms with Gasteiger partial charge in [-0.25, -0.2) is 4.79 Å².